The number of carbonyl (C=O) groups is 2. The van der Waals surface area contributed by atoms with Crippen molar-refractivity contribution in [2.45, 2.75) is 0 Å². The smallest absolute Gasteiger partial charge is 0.198 e. The molecule has 0 bridgehead atoms. The molecule has 0 fully saturated rings. The van der Waals surface area contributed by atoms with Gasteiger partial charge in [-0.15, -0.1) is 0 Å². The lowest BCUT2D eigenvalue weighted by atomic mass is 9.83. The number of fused-ring (bicyclic) bond motifs is 2. The molecule has 0 heterocycles. The monoisotopic (exact) mass is 268 g/mol. The Balaban J connectivity index is 2.27. The Hall–Kier alpha value is -2.62. The average molecular weight is 268 g/mol. The molecule has 0 atom stereocenters. The Morgan fingerprint density at radius 1 is 0.800 bits per heavy atom. The highest BCUT2D eigenvalue weighted by atomic mass is 16.5. The lowest BCUT2D eigenvalue weighted by Crippen LogP contribution is -2.21. The second kappa shape index (κ2) is 4.49. The van der Waals surface area contributed by atoms with E-state index in [1.54, 1.807) is 36.4 Å². The van der Waals surface area contributed by atoms with Crippen LogP contribution in [0.5, 0.6) is 11.5 Å². The van der Waals surface area contributed by atoms with E-state index in [4.69, 9.17) is 9.47 Å². The van der Waals surface area contributed by atoms with Gasteiger partial charge in [-0.3, -0.25) is 9.59 Å². The first kappa shape index (κ1) is 12.4. The van der Waals surface area contributed by atoms with Gasteiger partial charge in [0, 0.05) is 16.7 Å². The van der Waals surface area contributed by atoms with Gasteiger partial charge >= 0.3 is 0 Å². The molecule has 0 unspecified atom stereocenters. The number of hydrogen-bond donors (Lipinski definition) is 0. The van der Waals surface area contributed by atoms with Crippen LogP contribution in [0.3, 0.4) is 0 Å². The molecule has 20 heavy (non-hydrogen) atoms. The summed E-state index contributed by atoms with van der Waals surface area (Å²) in [7, 11) is 3.00. The van der Waals surface area contributed by atoms with E-state index < -0.39 is 0 Å². The van der Waals surface area contributed by atoms with Crippen molar-refractivity contribution in [1.82, 2.24) is 0 Å². The van der Waals surface area contributed by atoms with Crippen LogP contribution < -0.4 is 9.47 Å². The van der Waals surface area contributed by atoms with E-state index >= 15 is 0 Å². The first-order valence-corrected chi connectivity index (χ1v) is 6.12. The van der Waals surface area contributed by atoms with Crippen molar-refractivity contribution in [3.8, 4) is 11.5 Å². The van der Waals surface area contributed by atoms with Crippen LogP contribution in [0.4, 0.5) is 0 Å². The van der Waals surface area contributed by atoms with Crippen LogP contribution in [0.1, 0.15) is 31.8 Å². The number of hydrogen-bond acceptors (Lipinski definition) is 4. The van der Waals surface area contributed by atoms with Crippen LogP contribution in [-0.4, -0.2) is 25.8 Å². The van der Waals surface area contributed by atoms with Gasteiger partial charge in [0.25, 0.3) is 0 Å². The third-order valence-corrected chi connectivity index (χ3v) is 3.43. The normalized spacial score (nSPS) is 12.7. The molecule has 0 saturated heterocycles. The van der Waals surface area contributed by atoms with Crippen molar-refractivity contribution < 1.29 is 19.1 Å². The van der Waals surface area contributed by atoms with Crippen LogP contribution in [0.25, 0.3) is 0 Å². The maximum atomic E-state index is 12.6. The fourth-order valence-electron chi connectivity index (χ4n) is 2.44. The predicted molar refractivity (Wildman–Crippen MR) is 72.9 cm³/mol. The minimum atomic E-state index is -0.199. The largest absolute Gasteiger partial charge is 0.497 e. The van der Waals surface area contributed by atoms with Crippen molar-refractivity contribution in [2.24, 2.45) is 0 Å². The highest BCUT2D eigenvalue weighted by Gasteiger charge is 2.32. The molecule has 2 aromatic rings. The minimum absolute atomic E-state index is 0.188. The van der Waals surface area contributed by atoms with Crippen molar-refractivity contribution in [3.63, 3.8) is 0 Å². The molecule has 1 aliphatic rings. The average Bonchev–Trinajstić information content (AvgIpc) is 2.51. The van der Waals surface area contributed by atoms with E-state index in [9.17, 15) is 9.59 Å². The van der Waals surface area contributed by atoms with E-state index in [1.165, 1.54) is 14.2 Å². The van der Waals surface area contributed by atoms with Crippen molar-refractivity contribution >= 4 is 11.6 Å². The highest BCUT2D eigenvalue weighted by molar-refractivity contribution is 6.29. The van der Waals surface area contributed by atoms with Gasteiger partial charge in [0.05, 0.1) is 19.8 Å². The summed E-state index contributed by atoms with van der Waals surface area (Å²) in [5.41, 5.74) is 1.45. The van der Waals surface area contributed by atoms with Crippen LogP contribution in [0.2, 0.25) is 0 Å². The molecular formula is C16H12O4. The van der Waals surface area contributed by atoms with Gasteiger partial charge in [-0.2, -0.15) is 0 Å². The second-order valence-electron chi connectivity index (χ2n) is 4.45. The van der Waals surface area contributed by atoms with Crippen molar-refractivity contribution in [3.05, 3.63) is 58.7 Å². The number of ketones is 2. The van der Waals surface area contributed by atoms with Gasteiger partial charge in [-0.1, -0.05) is 12.1 Å². The molecule has 0 aromatic heterocycles. The number of benzene rings is 2. The van der Waals surface area contributed by atoms with E-state index in [1.807, 2.05) is 0 Å². The summed E-state index contributed by atoms with van der Waals surface area (Å²) in [6, 6.07) is 9.90. The Bertz CT molecular complexity index is 727. The van der Waals surface area contributed by atoms with Crippen LogP contribution >= 0.6 is 0 Å². The third kappa shape index (κ3) is 1.61. The summed E-state index contributed by atoms with van der Waals surface area (Å²) in [6.45, 7) is 0. The lowest BCUT2D eigenvalue weighted by molar-refractivity contribution is 0.0976. The van der Waals surface area contributed by atoms with Gasteiger partial charge < -0.3 is 9.47 Å². The second-order valence-corrected chi connectivity index (χ2v) is 4.45. The molecular weight excluding hydrogens is 256 g/mol. The van der Waals surface area contributed by atoms with E-state index in [-0.39, 0.29) is 11.6 Å². The van der Waals surface area contributed by atoms with Crippen LogP contribution in [0.15, 0.2) is 36.4 Å². The SMILES string of the molecule is COc1ccc2c(c1)C(=O)c1cccc(OC)c1C2=O. The van der Waals surface area contributed by atoms with Crippen molar-refractivity contribution in [1.29, 1.82) is 0 Å². The maximum absolute atomic E-state index is 12.6. The maximum Gasteiger partial charge on any atom is 0.198 e. The summed E-state index contributed by atoms with van der Waals surface area (Å²) >= 11 is 0. The Morgan fingerprint density at radius 2 is 1.60 bits per heavy atom. The van der Waals surface area contributed by atoms with Gasteiger partial charge in [0.2, 0.25) is 0 Å². The zero-order valence-electron chi connectivity index (χ0n) is 11.1. The third-order valence-electron chi connectivity index (χ3n) is 3.43. The topological polar surface area (TPSA) is 52.6 Å². The Morgan fingerprint density at radius 3 is 2.30 bits per heavy atom. The molecule has 0 spiro atoms. The van der Waals surface area contributed by atoms with Crippen LogP contribution in [0, 0.1) is 0 Å². The fraction of sp³-hybridized carbons (Fsp3) is 0.125. The first-order valence-electron chi connectivity index (χ1n) is 6.12. The zero-order chi connectivity index (χ0) is 14.3. The molecule has 0 amide bonds. The first-order chi connectivity index (χ1) is 9.67. The molecule has 0 aliphatic heterocycles. The summed E-state index contributed by atoms with van der Waals surface area (Å²) in [6.07, 6.45) is 0. The summed E-state index contributed by atoms with van der Waals surface area (Å²) < 4.78 is 10.3. The molecule has 3 rings (SSSR count). The molecule has 1 aliphatic carbocycles. The summed E-state index contributed by atoms with van der Waals surface area (Å²) in [5.74, 6) is 0.584. The highest BCUT2D eigenvalue weighted by Crippen LogP contribution is 2.34. The molecule has 0 radical (unpaired) electrons. The van der Waals surface area contributed by atoms with Crippen LogP contribution in [-0.2, 0) is 0 Å². The van der Waals surface area contributed by atoms with Gasteiger partial charge in [-0.25, -0.2) is 0 Å². The van der Waals surface area contributed by atoms with E-state index in [2.05, 4.69) is 0 Å². The Labute approximate surface area is 115 Å². The molecule has 0 N–H and O–H groups in total. The zero-order valence-corrected chi connectivity index (χ0v) is 11.1. The van der Waals surface area contributed by atoms with E-state index in [0.717, 1.165) is 0 Å². The number of ether oxygens (including phenoxy) is 2. The fourth-order valence-corrected chi connectivity index (χ4v) is 2.44. The standard InChI is InChI=1S/C16H12O4/c1-19-9-6-7-10-12(8-9)15(17)11-4-3-5-13(20-2)14(11)16(10)18/h3-8H,1-2H3. The predicted octanol–water partition coefficient (Wildman–Crippen LogP) is 2.48. The quantitative estimate of drug-likeness (QED) is 0.716. The molecule has 4 heteroatoms. The molecule has 100 valence electrons. The summed E-state index contributed by atoms with van der Waals surface area (Å²) in [5, 5.41) is 0. The Kier molecular flexibility index (Phi) is 2.79. The summed E-state index contributed by atoms with van der Waals surface area (Å²) in [4.78, 5) is 25.1. The number of rotatable bonds is 2. The molecule has 4 nitrogen and oxygen atoms in total. The molecule has 2 aromatic carbocycles. The van der Waals surface area contributed by atoms with Gasteiger partial charge in [0.1, 0.15) is 11.5 Å². The molecule has 0 saturated carbocycles. The van der Waals surface area contributed by atoms with Gasteiger partial charge in [-0.05, 0) is 24.3 Å². The number of carbonyl (C=O) groups excluding carboxylic acids is 2. The van der Waals surface area contributed by atoms with E-state index in [0.29, 0.717) is 33.8 Å². The van der Waals surface area contributed by atoms with Gasteiger partial charge in [0.15, 0.2) is 11.6 Å². The minimum Gasteiger partial charge on any atom is -0.497 e. The van der Waals surface area contributed by atoms with Crippen molar-refractivity contribution in [2.75, 3.05) is 14.2 Å². The number of methoxy groups -OCH3 is 2. The lowest BCUT2D eigenvalue weighted by Gasteiger charge is -2.19.